The van der Waals surface area contributed by atoms with Gasteiger partial charge in [0.15, 0.2) is 0 Å². The predicted octanol–water partition coefficient (Wildman–Crippen LogP) is 8.18. The van der Waals surface area contributed by atoms with E-state index in [4.69, 9.17) is 0 Å². The van der Waals surface area contributed by atoms with Gasteiger partial charge in [-0.05, 0) is 58.0 Å². The van der Waals surface area contributed by atoms with Crippen molar-refractivity contribution in [1.82, 2.24) is 4.57 Å². The summed E-state index contributed by atoms with van der Waals surface area (Å²) in [5.74, 6) is 0. The first kappa shape index (κ1) is 17.3. The van der Waals surface area contributed by atoms with Crippen LogP contribution in [-0.4, -0.2) is 4.57 Å². The number of nitrogens with zero attached hydrogens (tertiary/aromatic N) is 1. The molecule has 0 fully saturated rings. The molecule has 2 heterocycles. The van der Waals surface area contributed by atoms with E-state index in [9.17, 15) is 0 Å². The smallest absolute Gasteiger partial charge is 0.108 e. The number of rotatable bonds is 3. The zero-order valence-corrected chi connectivity index (χ0v) is 17.1. The molecule has 0 amide bonds. The van der Waals surface area contributed by atoms with Crippen LogP contribution >= 0.6 is 11.3 Å². The number of aromatic nitrogens is 1. The molecule has 30 heavy (non-hydrogen) atoms. The number of hydrogen-bond donors (Lipinski definition) is 0. The maximum atomic E-state index is 2.41. The summed E-state index contributed by atoms with van der Waals surface area (Å²) < 4.78 is 2.41. The monoisotopic (exact) mass is 401 g/mol. The molecule has 0 aliphatic carbocycles. The second kappa shape index (κ2) is 7.01. The molecule has 2 aromatic heterocycles. The van der Waals surface area contributed by atoms with Gasteiger partial charge in [0.05, 0.1) is 5.52 Å². The summed E-state index contributed by atoms with van der Waals surface area (Å²) in [6.07, 6.45) is 0. The topological polar surface area (TPSA) is 4.93 Å². The molecule has 6 aromatic rings. The minimum atomic E-state index is 1.20. The van der Waals surface area contributed by atoms with Gasteiger partial charge in [-0.1, -0.05) is 78.9 Å². The van der Waals surface area contributed by atoms with E-state index >= 15 is 0 Å². The van der Waals surface area contributed by atoms with E-state index in [-0.39, 0.29) is 0 Å². The summed E-state index contributed by atoms with van der Waals surface area (Å²) >= 11 is 1.80. The Morgan fingerprint density at radius 3 is 1.77 bits per heavy atom. The van der Waals surface area contributed by atoms with Gasteiger partial charge in [-0.3, -0.25) is 0 Å². The fraction of sp³-hybridized carbons (Fsp3) is 0. The summed E-state index contributed by atoms with van der Waals surface area (Å²) in [5.41, 5.74) is 7.38. The zero-order valence-electron chi connectivity index (χ0n) is 16.3. The third-order valence-corrected chi connectivity index (χ3v) is 6.57. The molecule has 0 aliphatic heterocycles. The van der Waals surface area contributed by atoms with E-state index in [1.165, 1.54) is 49.1 Å². The Hall–Kier alpha value is -3.62. The van der Waals surface area contributed by atoms with Gasteiger partial charge in [-0.25, -0.2) is 0 Å². The Morgan fingerprint density at radius 1 is 0.500 bits per heavy atom. The second-order valence-corrected chi connectivity index (χ2v) is 8.39. The minimum Gasteiger partial charge on any atom is -0.301 e. The van der Waals surface area contributed by atoms with Gasteiger partial charge < -0.3 is 4.57 Å². The highest BCUT2D eigenvalue weighted by atomic mass is 32.1. The van der Waals surface area contributed by atoms with Crippen LogP contribution in [0.2, 0.25) is 0 Å². The molecule has 0 bridgehead atoms. The Labute approximate surface area is 179 Å². The van der Waals surface area contributed by atoms with Crippen molar-refractivity contribution >= 4 is 32.5 Å². The zero-order chi connectivity index (χ0) is 19.9. The Morgan fingerprint density at radius 2 is 1.10 bits per heavy atom. The van der Waals surface area contributed by atoms with Crippen molar-refractivity contribution in [2.45, 2.75) is 0 Å². The summed E-state index contributed by atoms with van der Waals surface area (Å²) in [4.78, 5) is 1.29. The molecule has 0 radical (unpaired) electrons. The maximum Gasteiger partial charge on any atom is 0.108 e. The summed E-state index contributed by atoms with van der Waals surface area (Å²) in [6, 6.07) is 39.1. The van der Waals surface area contributed by atoms with E-state index in [0.29, 0.717) is 0 Å². The molecule has 1 nitrogen and oxygen atoms in total. The molecule has 0 spiro atoms. The Balaban J connectivity index is 1.68. The van der Waals surface area contributed by atoms with Gasteiger partial charge in [0.2, 0.25) is 0 Å². The predicted molar refractivity (Wildman–Crippen MR) is 130 cm³/mol. The van der Waals surface area contributed by atoms with Crippen LogP contribution in [0, 0.1) is 0 Å². The fourth-order valence-corrected chi connectivity index (χ4v) is 5.22. The number of thiophene rings is 1. The van der Waals surface area contributed by atoms with Crippen LogP contribution in [0.25, 0.3) is 49.1 Å². The largest absolute Gasteiger partial charge is 0.301 e. The lowest BCUT2D eigenvalue weighted by Crippen LogP contribution is -1.95. The molecule has 0 atom stereocenters. The highest BCUT2D eigenvalue weighted by Crippen LogP contribution is 2.37. The van der Waals surface area contributed by atoms with E-state index in [1.807, 2.05) is 0 Å². The minimum absolute atomic E-state index is 1.20. The number of hydrogen-bond acceptors (Lipinski definition) is 1. The fourth-order valence-electron chi connectivity index (χ4n) is 4.28. The van der Waals surface area contributed by atoms with Crippen molar-refractivity contribution in [2.75, 3.05) is 0 Å². The summed E-state index contributed by atoms with van der Waals surface area (Å²) in [6.45, 7) is 0. The van der Waals surface area contributed by atoms with Crippen LogP contribution < -0.4 is 0 Å². The first-order chi connectivity index (χ1) is 14.9. The van der Waals surface area contributed by atoms with Crippen molar-refractivity contribution in [3.05, 3.63) is 115 Å². The summed E-state index contributed by atoms with van der Waals surface area (Å²) in [7, 11) is 0. The molecular formula is C28H19NS. The SMILES string of the molecule is c1ccc(-c2cc(-c3ccccc3)cc(-n3c4ccccc4c4ccsc43)c2)cc1. The molecule has 6 rings (SSSR count). The van der Waals surface area contributed by atoms with E-state index in [0.717, 1.165) is 0 Å². The molecule has 0 N–H and O–H groups in total. The molecule has 0 unspecified atom stereocenters. The molecule has 0 aliphatic rings. The van der Waals surface area contributed by atoms with Crippen molar-refractivity contribution in [3.63, 3.8) is 0 Å². The van der Waals surface area contributed by atoms with Gasteiger partial charge >= 0.3 is 0 Å². The number of benzene rings is 4. The van der Waals surface area contributed by atoms with Crippen LogP contribution in [0.4, 0.5) is 0 Å². The van der Waals surface area contributed by atoms with Crippen LogP contribution in [0.1, 0.15) is 0 Å². The lowest BCUT2D eigenvalue weighted by Gasteiger charge is -2.13. The average molecular weight is 402 g/mol. The first-order valence-corrected chi connectivity index (χ1v) is 11.0. The molecule has 2 heteroatoms. The lowest BCUT2D eigenvalue weighted by atomic mass is 9.98. The lowest BCUT2D eigenvalue weighted by molar-refractivity contribution is 1.19. The van der Waals surface area contributed by atoms with E-state index < -0.39 is 0 Å². The number of para-hydroxylation sites is 1. The highest BCUT2D eigenvalue weighted by molar-refractivity contribution is 7.17. The highest BCUT2D eigenvalue weighted by Gasteiger charge is 2.15. The Kier molecular flexibility index (Phi) is 4.03. The van der Waals surface area contributed by atoms with Crippen molar-refractivity contribution < 1.29 is 0 Å². The number of fused-ring (bicyclic) bond motifs is 3. The van der Waals surface area contributed by atoms with Crippen LogP contribution in [-0.2, 0) is 0 Å². The second-order valence-electron chi connectivity index (χ2n) is 7.49. The molecule has 142 valence electrons. The average Bonchev–Trinajstić information content (AvgIpc) is 3.41. The van der Waals surface area contributed by atoms with Gasteiger partial charge in [0.1, 0.15) is 4.83 Å². The Bertz CT molecular complexity index is 1420. The van der Waals surface area contributed by atoms with Crippen LogP contribution in [0.5, 0.6) is 0 Å². The van der Waals surface area contributed by atoms with Gasteiger partial charge in [0.25, 0.3) is 0 Å². The van der Waals surface area contributed by atoms with Crippen LogP contribution in [0.15, 0.2) is 115 Å². The third kappa shape index (κ3) is 2.77. The van der Waals surface area contributed by atoms with Crippen molar-refractivity contribution in [2.24, 2.45) is 0 Å². The molecular weight excluding hydrogens is 382 g/mol. The third-order valence-electron chi connectivity index (χ3n) is 5.67. The first-order valence-electron chi connectivity index (χ1n) is 10.1. The van der Waals surface area contributed by atoms with E-state index in [2.05, 4.69) is 119 Å². The van der Waals surface area contributed by atoms with Crippen molar-refractivity contribution in [1.29, 1.82) is 0 Å². The maximum absolute atomic E-state index is 2.41. The molecule has 4 aromatic carbocycles. The van der Waals surface area contributed by atoms with Gasteiger partial charge in [0, 0.05) is 16.5 Å². The standard InChI is InChI=1S/C28H19NS/c1-3-9-20(10-4-1)22-17-23(21-11-5-2-6-12-21)19-24(18-22)29-27-14-8-7-13-25(27)26-15-16-30-28(26)29/h1-19H. The van der Waals surface area contributed by atoms with Crippen LogP contribution in [0.3, 0.4) is 0 Å². The van der Waals surface area contributed by atoms with E-state index in [1.54, 1.807) is 11.3 Å². The van der Waals surface area contributed by atoms with Gasteiger partial charge in [-0.2, -0.15) is 0 Å². The van der Waals surface area contributed by atoms with Crippen molar-refractivity contribution in [3.8, 4) is 27.9 Å². The summed E-state index contributed by atoms with van der Waals surface area (Å²) in [5, 5.41) is 4.81. The molecule has 0 saturated heterocycles. The van der Waals surface area contributed by atoms with Gasteiger partial charge in [-0.15, -0.1) is 11.3 Å². The normalized spacial score (nSPS) is 11.3. The quantitative estimate of drug-likeness (QED) is 0.282. The molecule has 0 saturated carbocycles.